The lowest BCUT2D eigenvalue weighted by Gasteiger charge is -2.41. The van der Waals surface area contributed by atoms with E-state index in [1.807, 2.05) is 32.0 Å². The van der Waals surface area contributed by atoms with Crippen LogP contribution in [0.25, 0.3) is 0 Å². The van der Waals surface area contributed by atoms with Crippen LogP contribution in [0.5, 0.6) is 0 Å². The van der Waals surface area contributed by atoms with Crippen LogP contribution < -0.4 is 0 Å². The van der Waals surface area contributed by atoms with Crippen molar-refractivity contribution in [1.82, 2.24) is 4.90 Å². The maximum absolute atomic E-state index is 10.9. The van der Waals surface area contributed by atoms with E-state index in [0.717, 1.165) is 25.9 Å². The molecule has 1 aromatic rings. The molecule has 0 bridgehead atoms. The average molecular weight is 347 g/mol. The van der Waals surface area contributed by atoms with Crippen molar-refractivity contribution in [1.29, 1.82) is 0 Å². The van der Waals surface area contributed by atoms with Crippen LogP contribution in [-0.2, 0) is 20.8 Å². The molecule has 3 aliphatic heterocycles. The topological polar surface area (TPSA) is 51.2 Å². The van der Waals surface area contributed by atoms with E-state index >= 15 is 0 Å². The summed E-state index contributed by atoms with van der Waals surface area (Å²) in [7, 11) is 0. The fourth-order valence-corrected chi connectivity index (χ4v) is 4.60. The average Bonchev–Trinajstić information content (AvgIpc) is 3.06. The van der Waals surface area contributed by atoms with Crippen LogP contribution >= 0.6 is 0 Å². The quantitative estimate of drug-likeness (QED) is 0.828. The van der Waals surface area contributed by atoms with Crippen LogP contribution in [0.4, 0.5) is 0 Å². The van der Waals surface area contributed by atoms with Crippen LogP contribution in [0.3, 0.4) is 0 Å². The standard InChI is InChI=1S/C20H29NO4/c1-20(2)24-16-12-21-10-8-15(18(22)17(21)19(16)25-20)9-11-23-13-14-6-4-3-5-7-14/h3-7,15-19,22H,8-13H2,1-2H3/t15-,16?,17-,18-,19+/m0/s1. The fourth-order valence-electron chi connectivity index (χ4n) is 4.60. The van der Waals surface area contributed by atoms with Crippen LogP contribution in [0, 0.1) is 5.92 Å². The number of rotatable bonds is 5. The van der Waals surface area contributed by atoms with Crippen molar-refractivity contribution in [3.8, 4) is 0 Å². The van der Waals surface area contributed by atoms with Gasteiger partial charge in [-0.3, -0.25) is 4.90 Å². The second-order valence-corrected chi connectivity index (χ2v) is 7.99. The highest BCUT2D eigenvalue weighted by Gasteiger charge is 2.56. The molecule has 0 aromatic heterocycles. The Hall–Kier alpha value is -0.980. The van der Waals surface area contributed by atoms with Gasteiger partial charge in [0, 0.05) is 13.2 Å². The minimum atomic E-state index is -0.535. The van der Waals surface area contributed by atoms with Crippen LogP contribution in [0.2, 0.25) is 0 Å². The van der Waals surface area contributed by atoms with Gasteiger partial charge in [-0.25, -0.2) is 0 Å². The summed E-state index contributed by atoms with van der Waals surface area (Å²) in [5.74, 6) is -0.268. The molecule has 0 spiro atoms. The van der Waals surface area contributed by atoms with E-state index in [0.29, 0.717) is 13.2 Å². The number of ether oxygens (including phenoxy) is 3. The van der Waals surface area contributed by atoms with Crippen molar-refractivity contribution in [2.24, 2.45) is 5.92 Å². The van der Waals surface area contributed by atoms with Gasteiger partial charge in [0.25, 0.3) is 0 Å². The Morgan fingerprint density at radius 2 is 2.04 bits per heavy atom. The smallest absolute Gasteiger partial charge is 0.163 e. The Bertz CT molecular complexity index is 578. The highest BCUT2D eigenvalue weighted by atomic mass is 16.8. The van der Waals surface area contributed by atoms with E-state index < -0.39 is 5.79 Å². The molecule has 1 aromatic carbocycles. The Labute approximate surface area is 149 Å². The number of aliphatic hydroxyl groups is 1. The predicted octanol–water partition coefficient (Wildman–Crippen LogP) is 2.18. The highest BCUT2D eigenvalue weighted by molar-refractivity contribution is 5.13. The lowest BCUT2D eigenvalue weighted by molar-refractivity contribution is -0.174. The van der Waals surface area contributed by atoms with Gasteiger partial charge in [0.15, 0.2) is 5.79 Å². The maximum Gasteiger partial charge on any atom is 0.163 e. The largest absolute Gasteiger partial charge is 0.391 e. The molecular formula is C20H29NO4. The van der Waals surface area contributed by atoms with E-state index in [-0.39, 0.29) is 30.3 Å². The first kappa shape index (κ1) is 17.4. The number of benzene rings is 1. The lowest BCUT2D eigenvalue weighted by atomic mass is 9.85. The Kier molecular flexibility index (Phi) is 4.86. The number of nitrogens with zero attached hydrogens (tertiary/aromatic N) is 1. The molecule has 3 heterocycles. The van der Waals surface area contributed by atoms with Crippen molar-refractivity contribution >= 4 is 0 Å². The highest BCUT2D eigenvalue weighted by Crippen LogP contribution is 2.41. The summed E-state index contributed by atoms with van der Waals surface area (Å²) in [6.07, 6.45) is 1.59. The minimum absolute atomic E-state index is 0.0157. The van der Waals surface area contributed by atoms with Crippen molar-refractivity contribution in [3.05, 3.63) is 35.9 Å². The van der Waals surface area contributed by atoms with Gasteiger partial charge in [-0.15, -0.1) is 0 Å². The second-order valence-electron chi connectivity index (χ2n) is 7.99. The molecule has 0 amide bonds. The second kappa shape index (κ2) is 6.97. The van der Waals surface area contributed by atoms with Gasteiger partial charge in [-0.05, 0) is 44.7 Å². The lowest BCUT2D eigenvalue weighted by Crippen LogP contribution is -2.54. The summed E-state index contributed by atoms with van der Waals surface area (Å²) in [6.45, 7) is 7.10. The summed E-state index contributed by atoms with van der Waals surface area (Å²) in [6, 6.07) is 10.3. The first-order valence-corrected chi connectivity index (χ1v) is 9.43. The molecule has 3 fully saturated rings. The van der Waals surface area contributed by atoms with Gasteiger partial charge >= 0.3 is 0 Å². The molecule has 4 rings (SSSR count). The summed E-state index contributed by atoms with van der Waals surface area (Å²) in [5.41, 5.74) is 1.19. The summed E-state index contributed by atoms with van der Waals surface area (Å²) in [4.78, 5) is 2.34. The minimum Gasteiger partial charge on any atom is -0.391 e. The Balaban J connectivity index is 1.29. The zero-order valence-electron chi connectivity index (χ0n) is 15.1. The van der Waals surface area contributed by atoms with E-state index in [1.54, 1.807) is 0 Å². The molecule has 3 aliphatic rings. The molecule has 0 saturated carbocycles. The summed E-state index contributed by atoms with van der Waals surface area (Å²) in [5, 5.41) is 10.9. The molecule has 1 N–H and O–H groups in total. The first-order chi connectivity index (χ1) is 12.0. The Morgan fingerprint density at radius 1 is 1.24 bits per heavy atom. The fraction of sp³-hybridized carbons (Fsp3) is 0.700. The van der Waals surface area contributed by atoms with Crippen molar-refractivity contribution in [3.63, 3.8) is 0 Å². The summed E-state index contributed by atoms with van der Waals surface area (Å²) < 4.78 is 17.9. The van der Waals surface area contributed by atoms with Gasteiger partial charge in [0.05, 0.1) is 18.8 Å². The number of hydrogen-bond donors (Lipinski definition) is 1. The molecular weight excluding hydrogens is 318 g/mol. The maximum atomic E-state index is 10.9. The van der Waals surface area contributed by atoms with Crippen LogP contribution in [-0.4, -0.2) is 59.8 Å². The number of aliphatic hydroxyl groups excluding tert-OH is 1. The molecule has 0 aliphatic carbocycles. The van der Waals surface area contributed by atoms with Crippen molar-refractivity contribution in [2.45, 2.75) is 63.4 Å². The van der Waals surface area contributed by atoms with Crippen molar-refractivity contribution in [2.75, 3.05) is 19.7 Å². The molecule has 138 valence electrons. The number of hydrogen-bond acceptors (Lipinski definition) is 5. The van der Waals surface area contributed by atoms with Gasteiger partial charge in [-0.1, -0.05) is 30.3 Å². The molecule has 25 heavy (non-hydrogen) atoms. The van der Waals surface area contributed by atoms with Gasteiger partial charge in [-0.2, -0.15) is 0 Å². The SMILES string of the molecule is CC1(C)OC2CN3CC[C@@H](CCOCc4ccccc4)[C@H](O)[C@H]3[C@@H]2O1. The first-order valence-electron chi connectivity index (χ1n) is 9.43. The van der Waals surface area contributed by atoms with Gasteiger partial charge < -0.3 is 19.3 Å². The van der Waals surface area contributed by atoms with E-state index in [2.05, 4.69) is 17.0 Å². The van der Waals surface area contributed by atoms with E-state index in [4.69, 9.17) is 14.2 Å². The van der Waals surface area contributed by atoms with Crippen LogP contribution in [0.1, 0.15) is 32.3 Å². The normalized spacial score (nSPS) is 37.0. The molecule has 3 saturated heterocycles. The molecule has 5 atom stereocenters. The number of fused-ring (bicyclic) bond motifs is 3. The van der Waals surface area contributed by atoms with Gasteiger partial charge in [0.1, 0.15) is 12.2 Å². The third kappa shape index (κ3) is 3.62. The van der Waals surface area contributed by atoms with E-state index in [9.17, 15) is 5.11 Å². The monoisotopic (exact) mass is 347 g/mol. The van der Waals surface area contributed by atoms with Crippen molar-refractivity contribution < 1.29 is 19.3 Å². The predicted molar refractivity (Wildman–Crippen MR) is 94.0 cm³/mol. The van der Waals surface area contributed by atoms with Gasteiger partial charge in [0.2, 0.25) is 0 Å². The molecule has 0 radical (unpaired) electrons. The molecule has 1 unspecified atom stereocenters. The Morgan fingerprint density at radius 3 is 2.84 bits per heavy atom. The number of piperidine rings is 1. The molecule has 5 nitrogen and oxygen atoms in total. The third-order valence-corrected chi connectivity index (χ3v) is 5.76. The third-order valence-electron chi connectivity index (χ3n) is 5.76. The summed E-state index contributed by atoms with van der Waals surface area (Å²) >= 11 is 0. The zero-order chi connectivity index (χ0) is 17.4. The molecule has 5 heteroatoms. The zero-order valence-corrected chi connectivity index (χ0v) is 15.1. The van der Waals surface area contributed by atoms with Crippen LogP contribution in [0.15, 0.2) is 30.3 Å². The van der Waals surface area contributed by atoms with E-state index in [1.165, 1.54) is 5.56 Å².